The third-order valence-electron chi connectivity index (χ3n) is 4.35. The third kappa shape index (κ3) is 2.89. The lowest BCUT2D eigenvalue weighted by Crippen LogP contribution is -2.41. The van der Waals surface area contributed by atoms with Crippen LogP contribution in [0.1, 0.15) is 18.2 Å². The van der Waals surface area contributed by atoms with Crippen molar-refractivity contribution in [2.75, 3.05) is 0 Å². The molecule has 6 nitrogen and oxygen atoms in total. The molecule has 1 aromatic carbocycles. The third-order valence-corrected chi connectivity index (χ3v) is 5.20. The molecule has 138 valence electrons. The molecule has 1 unspecified atom stereocenters. The lowest BCUT2D eigenvalue weighted by atomic mass is 9.91. The summed E-state index contributed by atoms with van der Waals surface area (Å²) < 4.78 is 33.1. The van der Waals surface area contributed by atoms with Crippen molar-refractivity contribution in [2.45, 2.75) is 19.0 Å². The van der Waals surface area contributed by atoms with Crippen LogP contribution in [0.3, 0.4) is 0 Å². The molecular weight excluding hydrogens is 376 g/mol. The maximum Gasteiger partial charge on any atom is 0.325 e. The van der Waals surface area contributed by atoms with Crippen LogP contribution in [0, 0.1) is 11.6 Å². The van der Waals surface area contributed by atoms with Crippen molar-refractivity contribution in [3.05, 3.63) is 64.9 Å². The molecule has 4 rings (SSSR count). The molecule has 0 bridgehead atoms. The molecule has 1 atom stereocenters. The van der Waals surface area contributed by atoms with Crippen LogP contribution in [0.4, 0.5) is 13.6 Å². The highest BCUT2D eigenvalue weighted by Crippen LogP contribution is 2.32. The second-order valence-corrected chi connectivity index (χ2v) is 7.14. The average molecular weight is 389 g/mol. The fourth-order valence-electron chi connectivity index (χ4n) is 2.96. The lowest BCUT2D eigenvalue weighted by Gasteiger charge is -2.22. The monoisotopic (exact) mass is 389 g/mol. The number of hydrogen-bond acceptors (Lipinski definition) is 5. The van der Waals surface area contributed by atoms with Crippen LogP contribution >= 0.6 is 11.3 Å². The quantitative estimate of drug-likeness (QED) is 0.691. The van der Waals surface area contributed by atoms with Crippen LogP contribution in [0.25, 0.3) is 10.8 Å². The molecule has 1 N–H and O–H groups in total. The topological polar surface area (TPSA) is 75.4 Å². The SMILES string of the molecule is CC1(c2cc(F)ccc2F)NC(=O)N(Cc2coc(-c3cccs3)n2)C1=O. The van der Waals surface area contributed by atoms with Gasteiger partial charge in [-0.2, -0.15) is 0 Å². The Bertz CT molecular complexity index is 1030. The molecule has 3 aromatic rings. The molecule has 0 spiro atoms. The number of hydrogen-bond donors (Lipinski definition) is 1. The fraction of sp³-hybridized carbons (Fsp3) is 0.167. The Morgan fingerprint density at radius 3 is 2.85 bits per heavy atom. The predicted molar refractivity (Wildman–Crippen MR) is 92.6 cm³/mol. The zero-order chi connectivity index (χ0) is 19.2. The van der Waals surface area contributed by atoms with E-state index in [0.29, 0.717) is 11.6 Å². The fourth-order valence-corrected chi connectivity index (χ4v) is 3.61. The smallest absolute Gasteiger partial charge is 0.325 e. The zero-order valence-corrected chi connectivity index (χ0v) is 14.8. The van der Waals surface area contributed by atoms with Crippen LogP contribution in [0.15, 0.2) is 46.4 Å². The molecule has 1 fully saturated rings. The predicted octanol–water partition coefficient (Wildman–Crippen LogP) is 3.65. The van der Waals surface area contributed by atoms with Crippen LogP contribution in [0.2, 0.25) is 0 Å². The molecular formula is C18H13F2N3O3S. The van der Waals surface area contributed by atoms with Gasteiger partial charge in [-0.25, -0.2) is 18.6 Å². The van der Waals surface area contributed by atoms with Gasteiger partial charge in [-0.15, -0.1) is 11.3 Å². The molecule has 27 heavy (non-hydrogen) atoms. The first-order valence-corrected chi connectivity index (χ1v) is 8.84. The highest BCUT2D eigenvalue weighted by molar-refractivity contribution is 7.13. The summed E-state index contributed by atoms with van der Waals surface area (Å²) in [5.74, 6) is -1.80. The minimum atomic E-state index is -1.70. The molecule has 0 radical (unpaired) electrons. The van der Waals surface area contributed by atoms with Gasteiger partial charge in [-0.05, 0) is 36.6 Å². The van der Waals surface area contributed by atoms with Gasteiger partial charge in [-0.3, -0.25) is 9.69 Å². The lowest BCUT2D eigenvalue weighted by molar-refractivity contribution is -0.131. The number of amides is 3. The largest absolute Gasteiger partial charge is 0.443 e. The average Bonchev–Trinajstić information content (AvgIpc) is 3.35. The number of nitrogens with zero attached hydrogens (tertiary/aromatic N) is 2. The van der Waals surface area contributed by atoms with Crippen LogP contribution < -0.4 is 5.32 Å². The summed E-state index contributed by atoms with van der Waals surface area (Å²) in [4.78, 5) is 31.2. The van der Waals surface area contributed by atoms with E-state index in [-0.39, 0.29) is 12.1 Å². The summed E-state index contributed by atoms with van der Waals surface area (Å²) >= 11 is 1.44. The first-order valence-electron chi connectivity index (χ1n) is 7.96. The number of benzene rings is 1. The Morgan fingerprint density at radius 2 is 2.11 bits per heavy atom. The van der Waals surface area contributed by atoms with E-state index < -0.39 is 29.1 Å². The Kier molecular flexibility index (Phi) is 4.03. The Hall–Kier alpha value is -3.07. The number of urea groups is 1. The summed E-state index contributed by atoms with van der Waals surface area (Å²) in [5, 5.41) is 4.31. The van der Waals surface area contributed by atoms with E-state index in [4.69, 9.17) is 4.42 Å². The van der Waals surface area contributed by atoms with Crippen LogP contribution in [0.5, 0.6) is 0 Å². The van der Waals surface area contributed by atoms with Crippen LogP contribution in [-0.4, -0.2) is 21.8 Å². The summed E-state index contributed by atoms with van der Waals surface area (Å²) in [6.07, 6.45) is 1.36. The number of rotatable bonds is 4. The molecule has 0 saturated carbocycles. The summed E-state index contributed by atoms with van der Waals surface area (Å²) in [5.41, 5.74) is -1.57. The Labute approximate surface area is 156 Å². The number of halogens is 2. The number of imide groups is 1. The number of carbonyl (C=O) groups is 2. The van der Waals surface area contributed by atoms with Crippen molar-refractivity contribution in [1.82, 2.24) is 15.2 Å². The number of nitrogens with one attached hydrogen (secondary N) is 1. The number of oxazole rings is 1. The number of carbonyl (C=O) groups excluding carboxylic acids is 2. The van der Waals surface area contributed by atoms with Gasteiger partial charge in [-0.1, -0.05) is 6.07 Å². The molecule has 1 saturated heterocycles. The van der Waals surface area contributed by atoms with Gasteiger partial charge in [0.15, 0.2) is 0 Å². The first-order chi connectivity index (χ1) is 12.9. The summed E-state index contributed by atoms with van der Waals surface area (Å²) in [6.45, 7) is 1.19. The van der Waals surface area contributed by atoms with E-state index in [1.807, 2.05) is 17.5 Å². The molecule has 0 aliphatic carbocycles. The van der Waals surface area contributed by atoms with E-state index in [2.05, 4.69) is 10.3 Å². The van der Waals surface area contributed by atoms with Gasteiger partial charge in [0.05, 0.1) is 17.1 Å². The van der Waals surface area contributed by atoms with Crippen molar-refractivity contribution in [3.63, 3.8) is 0 Å². The second-order valence-electron chi connectivity index (χ2n) is 6.19. The minimum absolute atomic E-state index is 0.147. The zero-order valence-electron chi connectivity index (χ0n) is 14.0. The van der Waals surface area contributed by atoms with E-state index in [1.165, 1.54) is 24.5 Å². The van der Waals surface area contributed by atoms with E-state index in [1.54, 1.807) is 0 Å². The van der Waals surface area contributed by atoms with Crippen molar-refractivity contribution in [3.8, 4) is 10.8 Å². The number of aromatic nitrogens is 1. The Balaban J connectivity index is 1.61. The normalized spacial score (nSPS) is 19.6. The molecule has 1 aliphatic rings. The molecule has 3 amide bonds. The molecule has 9 heteroatoms. The maximum atomic E-state index is 14.2. The minimum Gasteiger partial charge on any atom is -0.443 e. The molecule has 1 aliphatic heterocycles. The van der Waals surface area contributed by atoms with E-state index >= 15 is 0 Å². The standard InChI is InChI=1S/C18H13F2N3O3S/c1-18(12-7-10(19)4-5-13(12)20)16(24)23(17(25)22-18)8-11-9-26-15(21-11)14-3-2-6-27-14/h2-7,9H,8H2,1H3,(H,22,25). The van der Waals surface area contributed by atoms with E-state index in [9.17, 15) is 18.4 Å². The summed E-state index contributed by atoms with van der Waals surface area (Å²) in [6, 6.07) is 5.73. The van der Waals surface area contributed by atoms with Gasteiger partial charge >= 0.3 is 6.03 Å². The molecule has 3 heterocycles. The van der Waals surface area contributed by atoms with Crippen molar-refractivity contribution in [2.24, 2.45) is 0 Å². The first kappa shape index (κ1) is 17.3. The van der Waals surface area contributed by atoms with Crippen molar-refractivity contribution < 1.29 is 22.8 Å². The Morgan fingerprint density at radius 1 is 1.30 bits per heavy atom. The van der Waals surface area contributed by atoms with Gasteiger partial charge in [0.2, 0.25) is 5.89 Å². The highest BCUT2D eigenvalue weighted by atomic mass is 32.1. The molecule has 2 aromatic heterocycles. The van der Waals surface area contributed by atoms with Crippen LogP contribution in [-0.2, 0) is 16.9 Å². The van der Waals surface area contributed by atoms with Gasteiger partial charge < -0.3 is 9.73 Å². The van der Waals surface area contributed by atoms with Crippen molar-refractivity contribution >= 4 is 23.3 Å². The van der Waals surface area contributed by atoms with Gasteiger partial charge in [0, 0.05) is 5.56 Å². The highest BCUT2D eigenvalue weighted by Gasteiger charge is 2.50. The van der Waals surface area contributed by atoms with E-state index in [0.717, 1.165) is 28.0 Å². The van der Waals surface area contributed by atoms with Gasteiger partial charge in [0.1, 0.15) is 23.4 Å². The maximum absolute atomic E-state index is 14.2. The second kappa shape index (κ2) is 6.27. The number of thiophene rings is 1. The summed E-state index contributed by atoms with van der Waals surface area (Å²) in [7, 11) is 0. The van der Waals surface area contributed by atoms with Gasteiger partial charge in [0.25, 0.3) is 5.91 Å². The van der Waals surface area contributed by atoms with Crippen molar-refractivity contribution in [1.29, 1.82) is 0 Å².